The molecule has 3 fully saturated rings. The SMILES string of the molecule is CCCCC[C@H](O)/C=C/C1SC2CC(C2)[C@@H]1C/C=C\CCCC(=O)OC. The van der Waals surface area contributed by atoms with Crippen molar-refractivity contribution in [2.24, 2.45) is 11.8 Å². The first kappa shape index (κ1) is 21.6. The standard InChI is InChI=1S/C22H36O3S/c1-3-4-7-10-18(23)13-14-21-20(17-15-19(16-17)26-21)11-8-5-6-9-12-22(24)25-2/h5,8,13-14,17-21,23H,3-4,6-7,9-12,15-16H2,1-2H3/b8-5-,14-13+/t17?,18-,19?,20-,21?/m0/s1. The molecule has 0 aromatic carbocycles. The van der Waals surface area contributed by atoms with Gasteiger partial charge in [-0.1, -0.05) is 50.5 Å². The van der Waals surface area contributed by atoms with E-state index < -0.39 is 0 Å². The molecule has 1 N–H and O–H groups in total. The highest BCUT2D eigenvalue weighted by Gasteiger charge is 2.44. The van der Waals surface area contributed by atoms with E-state index in [2.05, 4.69) is 41.7 Å². The summed E-state index contributed by atoms with van der Waals surface area (Å²) < 4.78 is 4.67. The number of hydrogen-bond acceptors (Lipinski definition) is 4. The van der Waals surface area contributed by atoms with E-state index in [4.69, 9.17) is 0 Å². The van der Waals surface area contributed by atoms with Crippen LogP contribution >= 0.6 is 11.8 Å². The Hall–Kier alpha value is -0.740. The molecular formula is C22H36O3S. The molecule has 0 aromatic heterocycles. The predicted octanol–water partition coefficient (Wildman–Crippen LogP) is 5.28. The second-order valence-electron chi connectivity index (χ2n) is 7.74. The predicted molar refractivity (Wildman–Crippen MR) is 110 cm³/mol. The quantitative estimate of drug-likeness (QED) is 0.284. The van der Waals surface area contributed by atoms with Crippen molar-refractivity contribution < 1.29 is 14.6 Å². The lowest BCUT2D eigenvalue weighted by Gasteiger charge is -2.50. The summed E-state index contributed by atoms with van der Waals surface area (Å²) in [4.78, 5) is 11.1. The lowest BCUT2D eigenvalue weighted by atomic mass is 9.71. The number of ether oxygens (including phenoxy) is 1. The summed E-state index contributed by atoms with van der Waals surface area (Å²) in [6, 6.07) is 0. The number of aliphatic hydroxyl groups is 1. The highest BCUT2D eigenvalue weighted by Crippen LogP contribution is 2.53. The average Bonchev–Trinajstić information content (AvgIpc) is 2.62. The first-order valence-corrected chi connectivity index (χ1v) is 11.3. The van der Waals surface area contributed by atoms with Gasteiger partial charge in [-0.15, -0.1) is 0 Å². The third-order valence-electron chi connectivity index (χ3n) is 5.69. The zero-order valence-electron chi connectivity index (χ0n) is 16.4. The first-order chi connectivity index (χ1) is 12.6. The van der Waals surface area contributed by atoms with Gasteiger partial charge in [-0.2, -0.15) is 11.8 Å². The van der Waals surface area contributed by atoms with Gasteiger partial charge >= 0.3 is 5.97 Å². The van der Waals surface area contributed by atoms with Gasteiger partial charge in [0.25, 0.3) is 0 Å². The van der Waals surface area contributed by atoms with E-state index in [1.165, 1.54) is 32.8 Å². The smallest absolute Gasteiger partial charge is 0.305 e. The molecule has 0 aromatic rings. The van der Waals surface area contributed by atoms with Crippen LogP contribution in [-0.4, -0.2) is 34.8 Å². The molecule has 1 aliphatic carbocycles. The second kappa shape index (κ2) is 11.9. The number of hydrogen-bond donors (Lipinski definition) is 1. The summed E-state index contributed by atoms with van der Waals surface area (Å²) >= 11 is 2.11. The summed E-state index contributed by atoms with van der Waals surface area (Å²) in [7, 11) is 1.44. The molecule has 3 aliphatic rings. The van der Waals surface area contributed by atoms with Gasteiger partial charge in [-0.3, -0.25) is 4.79 Å². The van der Waals surface area contributed by atoms with Crippen molar-refractivity contribution >= 4 is 17.7 Å². The van der Waals surface area contributed by atoms with Crippen LogP contribution in [0, 0.1) is 11.8 Å². The largest absolute Gasteiger partial charge is 0.469 e. The van der Waals surface area contributed by atoms with Gasteiger partial charge in [0.2, 0.25) is 0 Å². The molecule has 0 spiro atoms. The van der Waals surface area contributed by atoms with Gasteiger partial charge in [-0.05, 0) is 50.4 Å². The Kier molecular flexibility index (Phi) is 9.84. The van der Waals surface area contributed by atoms with Gasteiger partial charge in [0.15, 0.2) is 0 Å². The van der Waals surface area contributed by atoms with Crippen LogP contribution in [0.4, 0.5) is 0 Å². The Labute approximate surface area is 163 Å². The van der Waals surface area contributed by atoms with E-state index in [0.29, 0.717) is 17.6 Å². The molecular weight excluding hydrogens is 344 g/mol. The van der Waals surface area contributed by atoms with Crippen molar-refractivity contribution in [2.75, 3.05) is 7.11 Å². The number of rotatable bonds is 12. The van der Waals surface area contributed by atoms with Crippen molar-refractivity contribution in [1.82, 2.24) is 0 Å². The Morgan fingerprint density at radius 2 is 2.08 bits per heavy atom. The van der Waals surface area contributed by atoms with Gasteiger partial charge in [0.05, 0.1) is 13.2 Å². The number of aliphatic hydroxyl groups excluding tert-OH is 1. The highest BCUT2D eigenvalue weighted by molar-refractivity contribution is 8.00. The molecule has 3 nitrogen and oxygen atoms in total. The molecule has 3 rings (SSSR count). The van der Waals surface area contributed by atoms with E-state index in [1.807, 2.05) is 6.08 Å². The lowest BCUT2D eigenvalue weighted by Crippen LogP contribution is -2.43. The maximum Gasteiger partial charge on any atom is 0.305 e. The zero-order valence-corrected chi connectivity index (χ0v) is 17.3. The summed E-state index contributed by atoms with van der Waals surface area (Å²) in [5, 5.41) is 11.5. The number of unbranched alkanes of at least 4 members (excludes halogenated alkanes) is 3. The summed E-state index contributed by atoms with van der Waals surface area (Å²) in [6.45, 7) is 2.20. The lowest BCUT2D eigenvalue weighted by molar-refractivity contribution is -0.140. The molecule has 2 saturated heterocycles. The fourth-order valence-corrected chi connectivity index (χ4v) is 5.83. The van der Waals surface area contributed by atoms with E-state index in [-0.39, 0.29) is 12.1 Å². The van der Waals surface area contributed by atoms with E-state index in [0.717, 1.165) is 43.3 Å². The summed E-state index contributed by atoms with van der Waals surface area (Å²) in [6.07, 6.45) is 19.2. The Morgan fingerprint density at radius 3 is 2.81 bits per heavy atom. The second-order valence-corrected chi connectivity index (χ2v) is 9.22. The highest BCUT2D eigenvalue weighted by atomic mass is 32.2. The van der Waals surface area contributed by atoms with Crippen LogP contribution in [0.15, 0.2) is 24.3 Å². The zero-order chi connectivity index (χ0) is 18.8. The van der Waals surface area contributed by atoms with Crippen molar-refractivity contribution in [2.45, 2.75) is 87.7 Å². The summed E-state index contributed by atoms with van der Waals surface area (Å²) in [5.74, 6) is 1.43. The Morgan fingerprint density at radius 1 is 1.27 bits per heavy atom. The van der Waals surface area contributed by atoms with Crippen LogP contribution in [0.25, 0.3) is 0 Å². The molecule has 2 heterocycles. The normalized spacial score (nSPS) is 29.0. The molecule has 2 aliphatic heterocycles. The van der Waals surface area contributed by atoms with Gasteiger partial charge < -0.3 is 9.84 Å². The Balaban J connectivity index is 1.74. The molecule has 26 heavy (non-hydrogen) atoms. The number of esters is 1. The van der Waals surface area contributed by atoms with E-state index in [1.54, 1.807) is 0 Å². The third-order valence-corrected chi connectivity index (χ3v) is 7.28. The molecule has 148 valence electrons. The van der Waals surface area contributed by atoms with Crippen LogP contribution in [0.2, 0.25) is 0 Å². The minimum Gasteiger partial charge on any atom is -0.469 e. The van der Waals surface area contributed by atoms with Crippen molar-refractivity contribution in [1.29, 1.82) is 0 Å². The molecule has 4 heteroatoms. The van der Waals surface area contributed by atoms with Crippen LogP contribution in [-0.2, 0) is 9.53 Å². The van der Waals surface area contributed by atoms with Crippen LogP contribution in [0.5, 0.6) is 0 Å². The fraction of sp³-hybridized carbons (Fsp3) is 0.773. The number of allylic oxidation sites excluding steroid dienone is 2. The fourth-order valence-electron chi connectivity index (χ4n) is 3.95. The molecule has 2 bridgehead atoms. The van der Waals surface area contributed by atoms with Crippen LogP contribution in [0.1, 0.15) is 71.1 Å². The van der Waals surface area contributed by atoms with Crippen LogP contribution < -0.4 is 0 Å². The third kappa shape index (κ3) is 7.11. The molecule has 3 atom stereocenters. The van der Waals surface area contributed by atoms with Crippen molar-refractivity contribution in [3.8, 4) is 0 Å². The van der Waals surface area contributed by atoms with Gasteiger partial charge in [0.1, 0.15) is 0 Å². The molecule has 0 amide bonds. The van der Waals surface area contributed by atoms with Gasteiger partial charge in [-0.25, -0.2) is 0 Å². The van der Waals surface area contributed by atoms with E-state index in [9.17, 15) is 9.90 Å². The van der Waals surface area contributed by atoms with Crippen LogP contribution in [0.3, 0.4) is 0 Å². The van der Waals surface area contributed by atoms with Crippen molar-refractivity contribution in [3.63, 3.8) is 0 Å². The summed E-state index contributed by atoms with van der Waals surface area (Å²) in [5.41, 5.74) is 0. The number of thioether (sulfide) groups is 1. The topological polar surface area (TPSA) is 46.5 Å². The van der Waals surface area contributed by atoms with Crippen molar-refractivity contribution in [3.05, 3.63) is 24.3 Å². The van der Waals surface area contributed by atoms with Gasteiger partial charge in [0, 0.05) is 16.9 Å². The monoisotopic (exact) mass is 380 g/mol. The number of carbonyl (C=O) groups is 1. The average molecular weight is 381 g/mol. The maximum atomic E-state index is 11.1. The maximum absolute atomic E-state index is 11.1. The number of fused-ring (bicyclic) bond motifs is 2. The van der Waals surface area contributed by atoms with E-state index >= 15 is 0 Å². The minimum absolute atomic E-state index is 0.120. The molecule has 0 radical (unpaired) electrons. The molecule has 1 unspecified atom stereocenters. The number of carbonyl (C=O) groups excluding carboxylic acids is 1. The first-order valence-electron chi connectivity index (χ1n) is 10.4. The molecule has 1 saturated carbocycles. The Bertz CT molecular complexity index is 468. The minimum atomic E-state index is -0.282. The number of methoxy groups -OCH3 is 1.